The summed E-state index contributed by atoms with van der Waals surface area (Å²) in [6, 6.07) is -13.5. The number of carboxylic acid groups (broad SMARTS) is 1. The van der Waals surface area contributed by atoms with E-state index in [9.17, 15) is 53.1 Å². The topological polar surface area (TPSA) is 879 Å². The molecule has 0 aliphatic heterocycles. The van der Waals surface area contributed by atoms with E-state index >= 15 is 0 Å². The van der Waals surface area contributed by atoms with Crippen molar-refractivity contribution < 1.29 is 53.1 Å². The first-order valence-corrected chi connectivity index (χ1v) is 33.9. The average molecular weight is 1500 g/mol. The zero-order valence-corrected chi connectivity index (χ0v) is 59.7. The molecule has 46 N–H and O–H groups in total. The van der Waals surface area contributed by atoms with E-state index in [1.807, 2.05) is 0 Å². The Balaban J connectivity index is 7.93. The molecule has 596 valence electrons. The fourth-order valence-electron chi connectivity index (χ4n) is 9.57. The van der Waals surface area contributed by atoms with Gasteiger partial charge in [-0.3, -0.25) is 88.1 Å². The minimum Gasteiger partial charge on any atom is -0.480 e. The zero-order valence-electron chi connectivity index (χ0n) is 59.7. The fourth-order valence-corrected chi connectivity index (χ4v) is 9.57. The number of guanidine groups is 9. The SMILES string of the molecule is C#CCCC(=O)N[C@@H](CCCN=C(N)N)C(=O)N[C@@H](CCCN=C(N)N)C(=O)N[C@@H](CCCN=C(N)N)C(=O)N[C@@H](CCCN=C(N)N)C(=O)N[C@@H](CCCN=C(N)N)C(=O)N[C@@H](CCCN=C(N)N)C(=O)N[C@@H](CCCN=C(N)N)C(=O)N[C@@H](CCCN=C(N)N)C(=O)N[C@@H](CCCN=C(N)N)C(=O)O. The fraction of sp³-hybridized carbons (Fsp3) is 0.644. The summed E-state index contributed by atoms with van der Waals surface area (Å²) < 4.78 is 0. The van der Waals surface area contributed by atoms with Gasteiger partial charge in [0.1, 0.15) is 54.4 Å². The van der Waals surface area contributed by atoms with Crippen molar-refractivity contribution >= 4 is 113 Å². The molecule has 0 radical (unpaired) electrons. The van der Waals surface area contributed by atoms with E-state index in [2.05, 4.69) is 98.7 Å². The summed E-state index contributed by atoms with van der Waals surface area (Å²) in [6.07, 6.45) is 4.16. The summed E-state index contributed by atoms with van der Waals surface area (Å²) in [6.45, 7) is -0.359. The molecule has 9 amide bonds. The zero-order chi connectivity index (χ0) is 80.1. The highest BCUT2D eigenvalue weighted by atomic mass is 16.4. The van der Waals surface area contributed by atoms with E-state index in [0.717, 1.165) is 0 Å². The summed E-state index contributed by atoms with van der Waals surface area (Å²) >= 11 is 0. The number of aliphatic carboxylic acids is 1. The van der Waals surface area contributed by atoms with Crippen molar-refractivity contribution in [1.82, 2.24) is 47.9 Å². The van der Waals surface area contributed by atoms with Gasteiger partial charge in [-0.1, -0.05) is 0 Å². The van der Waals surface area contributed by atoms with Crippen LogP contribution in [0.1, 0.15) is 128 Å². The van der Waals surface area contributed by atoms with Crippen LogP contribution in [-0.2, 0) is 47.9 Å². The number of aliphatic imine (C=N–C) groups is 9. The van der Waals surface area contributed by atoms with Gasteiger partial charge >= 0.3 is 5.97 Å². The van der Waals surface area contributed by atoms with E-state index in [0.29, 0.717) is 0 Å². The Morgan fingerprint density at radius 1 is 0.255 bits per heavy atom. The highest BCUT2D eigenvalue weighted by Crippen LogP contribution is 2.13. The van der Waals surface area contributed by atoms with Crippen molar-refractivity contribution in [2.24, 2.45) is 148 Å². The molecule has 106 heavy (non-hydrogen) atoms. The molecule has 0 aromatic rings. The van der Waals surface area contributed by atoms with Crippen molar-refractivity contribution in [3.63, 3.8) is 0 Å². The lowest BCUT2D eigenvalue weighted by molar-refractivity contribution is -0.142. The van der Waals surface area contributed by atoms with Gasteiger partial charge in [-0.25, -0.2) is 4.79 Å². The first-order valence-electron chi connectivity index (χ1n) is 33.9. The predicted octanol–water partition coefficient (Wildman–Crippen LogP) is -12.7. The van der Waals surface area contributed by atoms with Crippen LogP contribution in [0.15, 0.2) is 44.9 Å². The van der Waals surface area contributed by atoms with Gasteiger partial charge in [-0.2, -0.15) is 0 Å². The number of nitrogens with zero attached hydrogens (tertiary/aromatic N) is 9. The summed E-state index contributed by atoms with van der Waals surface area (Å²) in [5, 5.41) is 33.5. The lowest BCUT2D eigenvalue weighted by atomic mass is 10.0. The maximum Gasteiger partial charge on any atom is 0.326 e. The second-order valence-corrected chi connectivity index (χ2v) is 23.7. The second-order valence-electron chi connectivity index (χ2n) is 23.7. The maximum absolute atomic E-state index is 14.9. The van der Waals surface area contributed by atoms with Crippen LogP contribution in [-0.4, -0.2) is 231 Å². The molecule has 0 saturated heterocycles. The monoisotopic (exact) mass is 1500 g/mol. The minimum absolute atomic E-state index is 0.000781. The van der Waals surface area contributed by atoms with Crippen LogP contribution in [0.2, 0.25) is 0 Å². The normalized spacial score (nSPS) is 13.0. The number of carboxylic acids is 1. The van der Waals surface area contributed by atoms with Gasteiger partial charge in [0, 0.05) is 71.7 Å². The smallest absolute Gasteiger partial charge is 0.326 e. The van der Waals surface area contributed by atoms with Crippen LogP contribution in [0.5, 0.6) is 0 Å². The van der Waals surface area contributed by atoms with Crippen LogP contribution in [0, 0.1) is 12.3 Å². The number of nitrogens with two attached hydrogens (primary N) is 18. The Morgan fingerprint density at radius 2 is 0.396 bits per heavy atom. The average Bonchev–Trinajstić information content (AvgIpc) is 0.864. The summed E-state index contributed by atoms with van der Waals surface area (Å²) in [5.41, 5.74) is 99.9. The summed E-state index contributed by atoms with van der Waals surface area (Å²) in [5.74, 6) is -9.87. The first kappa shape index (κ1) is 93.7. The lowest BCUT2D eigenvalue weighted by Crippen LogP contribution is -2.60. The molecule has 0 aromatic heterocycles. The molecule has 0 aromatic carbocycles. The number of hydrogen-bond donors (Lipinski definition) is 28. The molecule has 9 atom stereocenters. The number of amides is 9. The first-order chi connectivity index (χ1) is 50.1. The van der Waals surface area contributed by atoms with Crippen LogP contribution < -0.4 is 151 Å². The summed E-state index contributed by atoms with van der Waals surface area (Å²) in [4.78, 5) is 177. The highest BCUT2D eigenvalue weighted by molar-refractivity contribution is 5.99. The quantitative estimate of drug-likeness (QED) is 0.0116. The molecule has 0 fully saturated rings. The third kappa shape index (κ3) is 47.0. The number of terminal acetylenes is 1. The van der Waals surface area contributed by atoms with E-state index in [4.69, 9.17) is 110 Å². The van der Waals surface area contributed by atoms with Gasteiger partial charge < -0.3 is 156 Å². The predicted molar refractivity (Wildman–Crippen MR) is 402 cm³/mol. The van der Waals surface area contributed by atoms with Crippen LogP contribution >= 0.6 is 0 Å². The Hall–Kier alpha value is -12.3. The van der Waals surface area contributed by atoms with Crippen molar-refractivity contribution in [3.05, 3.63) is 0 Å². The Morgan fingerprint density at radius 3 is 0.538 bits per heavy atom. The molecule has 0 spiro atoms. The number of rotatable bonds is 56. The van der Waals surface area contributed by atoms with Gasteiger partial charge in [-0.05, 0) is 116 Å². The molecule has 0 heterocycles. The van der Waals surface area contributed by atoms with Crippen LogP contribution in [0.4, 0.5) is 0 Å². The number of carbonyl (C=O) groups is 10. The molecular formula is C59H114N36O11. The van der Waals surface area contributed by atoms with Gasteiger partial charge in [0.2, 0.25) is 53.2 Å². The molecule has 0 aliphatic rings. The van der Waals surface area contributed by atoms with E-state index in [-0.39, 0.29) is 241 Å². The molecule has 0 unspecified atom stereocenters. The molecule has 0 rings (SSSR count). The van der Waals surface area contributed by atoms with Crippen molar-refractivity contribution in [2.45, 2.75) is 183 Å². The van der Waals surface area contributed by atoms with Crippen molar-refractivity contribution in [1.29, 1.82) is 0 Å². The maximum atomic E-state index is 14.9. The number of nitrogens with one attached hydrogen (secondary N) is 9. The number of carbonyl (C=O) groups excluding carboxylic acids is 9. The largest absolute Gasteiger partial charge is 0.480 e. The van der Waals surface area contributed by atoms with Crippen LogP contribution in [0.25, 0.3) is 0 Å². The van der Waals surface area contributed by atoms with Crippen molar-refractivity contribution in [2.75, 3.05) is 58.9 Å². The van der Waals surface area contributed by atoms with E-state index in [1.165, 1.54) is 0 Å². The summed E-state index contributed by atoms with van der Waals surface area (Å²) in [7, 11) is 0. The van der Waals surface area contributed by atoms with E-state index < -0.39 is 114 Å². The molecule has 0 aliphatic carbocycles. The standard InChI is InChI=1S/C59H114N36O11/c1-2-3-22-41(96)87-32(13-4-23-78-51(60)61)42(97)88-33(14-5-24-79-52(62)63)43(98)89-34(15-6-25-80-53(64)65)44(99)90-35(16-7-26-81-54(66)67)45(100)91-36(17-8-27-82-55(68)69)46(101)92-37(18-9-28-83-56(70)71)47(102)93-38(19-10-29-84-57(72)73)48(103)94-39(20-11-30-85-58(74)75)49(104)95-40(50(105)106)21-12-31-86-59(76)77/h1,32-40H,3-31H2,(H,87,96)(H,88,97)(H,89,98)(H,90,99)(H,91,100)(H,92,101)(H,93,102)(H,94,103)(H,95,104)(H,105,106)(H4,60,61,78)(H4,62,63,79)(H4,64,65,80)(H4,66,67,81)(H4,68,69,82)(H4,70,71,83)(H4,72,73,84)(H4,74,75,85)(H4,76,77,86)/t32-,33-,34-,35-,36-,37-,38-,39-,40-/m0/s1. The second kappa shape index (κ2) is 54.4. The highest BCUT2D eigenvalue weighted by Gasteiger charge is 2.36. The molecular weight excluding hydrogens is 1390 g/mol. The van der Waals surface area contributed by atoms with Crippen molar-refractivity contribution in [3.8, 4) is 12.3 Å². The Labute approximate surface area is 613 Å². The third-order valence-corrected chi connectivity index (χ3v) is 14.7. The van der Waals surface area contributed by atoms with Gasteiger partial charge in [0.15, 0.2) is 53.6 Å². The van der Waals surface area contributed by atoms with Crippen LogP contribution in [0.3, 0.4) is 0 Å². The van der Waals surface area contributed by atoms with Gasteiger partial charge in [0.25, 0.3) is 0 Å². The minimum atomic E-state index is -1.60. The number of hydrogen-bond acceptors (Lipinski definition) is 19. The third-order valence-electron chi connectivity index (χ3n) is 14.7. The Bertz CT molecular complexity index is 3110. The Kier molecular flexibility index (Phi) is 48.1. The van der Waals surface area contributed by atoms with Gasteiger partial charge in [-0.15, -0.1) is 12.3 Å². The van der Waals surface area contributed by atoms with E-state index in [1.54, 1.807) is 0 Å². The molecule has 0 bridgehead atoms. The molecule has 0 saturated carbocycles. The lowest BCUT2D eigenvalue weighted by Gasteiger charge is -2.28. The molecule has 47 heteroatoms. The molecule has 47 nitrogen and oxygen atoms in total. The van der Waals surface area contributed by atoms with Gasteiger partial charge in [0.05, 0.1) is 0 Å².